The number of urea groups is 1. The van der Waals surface area contributed by atoms with Crippen LogP contribution in [0.25, 0.3) is 11.1 Å². The Morgan fingerprint density at radius 3 is 2.33 bits per heavy atom. The average Bonchev–Trinajstić information content (AvgIpc) is 3.22. The molecular formula is C44H48N4O6. The molecule has 5 aromatic rings. The lowest BCUT2D eigenvalue weighted by molar-refractivity contribution is -0.252. The number of pyridine rings is 1. The van der Waals surface area contributed by atoms with Gasteiger partial charge in [0.05, 0.1) is 25.9 Å². The van der Waals surface area contributed by atoms with E-state index in [1.807, 2.05) is 121 Å². The van der Waals surface area contributed by atoms with Crippen molar-refractivity contribution in [1.29, 1.82) is 0 Å². The summed E-state index contributed by atoms with van der Waals surface area (Å²) in [7, 11) is 3.42. The number of aliphatic hydroxyl groups excluding tert-OH is 1. The molecule has 6 rings (SSSR count). The van der Waals surface area contributed by atoms with Gasteiger partial charge in [-0.1, -0.05) is 97.1 Å². The van der Waals surface area contributed by atoms with E-state index in [0.717, 1.165) is 64.1 Å². The predicted octanol–water partition coefficient (Wildman–Crippen LogP) is 6.54. The van der Waals surface area contributed by atoms with E-state index in [0.29, 0.717) is 12.8 Å². The lowest BCUT2D eigenvalue weighted by Crippen LogP contribution is -2.47. The summed E-state index contributed by atoms with van der Waals surface area (Å²) < 4.78 is 18.2. The van der Waals surface area contributed by atoms with E-state index in [9.17, 15) is 14.7 Å². The summed E-state index contributed by atoms with van der Waals surface area (Å²) in [6.07, 6.45) is 2.81. The summed E-state index contributed by atoms with van der Waals surface area (Å²) in [4.78, 5) is 32.1. The first-order valence-electron chi connectivity index (χ1n) is 18.3. The number of aliphatic hydroxyl groups is 1. The number of benzene rings is 4. The van der Waals surface area contributed by atoms with Crippen LogP contribution in [-0.2, 0) is 45.0 Å². The molecule has 1 fully saturated rings. The predicted molar refractivity (Wildman–Crippen MR) is 207 cm³/mol. The molecule has 2 amide bonds. The number of nitrogens with one attached hydrogen (secondary N) is 2. The van der Waals surface area contributed by atoms with Crippen molar-refractivity contribution in [2.24, 2.45) is 0 Å². The minimum atomic E-state index is -0.818. The smallest absolute Gasteiger partial charge is 0.328 e. The maximum Gasteiger partial charge on any atom is 0.328 e. The summed E-state index contributed by atoms with van der Waals surface area (Å²) >= 11 is 0. The van der Waals surface area contributed by atoms with E-state index in [4.69, 9.17) is 14.2 Å². The molecule has 3 N–H and O–H groups in total. The normalized spacial score (nSPS) is 17.4. The summed E-state index contributed by atoms with van der Waals surface area (Å²) in [5, 5.41) is 15.2. The van der Waals surface area contributed by atoms with Crippen molar-refractivity contribution in [3.63, 3.8) is 0 Å². The van der Waals surface area contributed by atoms with Crippen molar-refractivity contribution in [2.75, 3.05) is 27.2 Å². The highest BCUT2D eigenvalue weighted by Gasteiger charge is 2.33. The van der Waals surface area contributed by atoms with Crippen LogP contribution in [0, 0.1) is 0 Å². The Bertz CT molecular complexity index is 1940. The molecule has 0 radical (unpaired) electrons. The van der Waals surface area contributed by atoms with Crippen LogP contribution in [0.5, 0.6) is 0 Å². The highest BCUT2D eigenvalue weighted by molar-refractivity contribution is 5.83. The average molecular weight is 729 g/mol. The van der Waals surface area contributed by atoms with Gasteiger partial charge in [-0.3, -0.25) is 4.98 Å². The Kier molecular flexibility index (Phi) is 13.6. The fourth-order valence-corrected chi connectivity index (χ4v) is 6.63. The number of esters is 1. The van der Waals surface area contributed by atoms with Gasteiger partial charge in [-0.15, -0.1) is 0 Å². The maximum atomic E-state index is 12.9. The quantitative estimate of drug-likeness (QED) is 0.104. The van der Waals surface area contributed by atoms with E-state index in [-0.39, 0.29) is 25.4 Å². The van der Waals surface area contributed by atoms with Crippen molar-refractivity contribution in [1.82, 2.24) is 20.5 Å². The fraction of sp³-hybridized carbons (Fsp3) is 0.295. The maximum absolute atomic E-state index is 12.9. The highest BCUT2D eigenvalue weighted by atomic mass is 16.7. The molecule has 4 aromatic carbocycles. The third-order valence-corrected chi connectivity index (χ3v) is 9.55. The van der Waals surface area contributed by atoms with Gasteiger partial charge in [0.25, 0.3) is 0 Å². The van der Waals surface area contributed by atoms with Crippen molar-refractivity contribution in [3.8, 4) is 11.1 Å². The van der Waals surface area contributed by atoms with Crippen LogP contribution >= 0.6 is 0 Å². The molecular weight excluding hydrogens is 681 g/mol. The van der Waals surface area contributed by atoms with Gasteiger partial charge in [-0.05, 0) is 64.7 Å². The molecule has 0 aliphatic carbocycles. The minimum absolute atomic E-state index is 0.0108. The standard InChI is InChI=1S/C44H48N4O6/c1-48(23-21-38-16-6-7-22-45-38)29-39-27-41(34-19-17-32(30-49)18-20-34)54-43(53-39)37-15-9-14-36(26-37)35-13-8-12-33(24-35)28-46-44(51)47-40(42(50)52-2)25-31-10-4-3-5-11-31/h3-20,22,24,26,39-41,43,49H,21,23,25,27-30H2,1-2H3,(H2,46,47,51)/t39-,40-,41+,43+/m0/s1. The number of rotatable bonds is 15. The van der Waals surface area contributed by atoms with Crippen LogP contribution in [0.1, 0.15) is 52.3 Å². The van der Waals surface area contributed by atoms with E-state index in [1.54, 1.807) is 0 Å². The zero-order valence-corrected chi connectivity index (χ0v) is 30.8. The van der Waals surface area contributed by atoms with Crippen LogP contribution in [0.15, 0.2) is 128 Å². The Morgan fingerprint density at radius 2 is 1.59 bits per heavy atom. The molecule has 0 unspecified atom stereocenters. The summed E-state index contributed by atoms with van der Waals surface area (Å²) in [5.74, 6) is -0.508. The zero-order valence-electron chi connectivity index (χ0n) is 30.8. The van der Waals surface area contributed by atoms with Crippen LogP contribution in [0.3, 0.4) is 0 Å². The number of carbonyl (C=O) groups excluding carboxylic acids is 2. The molecule has 1 aliphatic rings. The number of carbonyl (C=O) groups is 2. The molecule has 0 spiro atoms. The van der Waals surface area contributed by atoms with Gasteiger partial charge in [-0.2, -0.15) is 0 Å². The number of aromatic nitrogens is 1. The van der Waals surface area contributed by atoms with Crippen molar-refractivity contribution < 1.29 is 28.9 Å². The van der Waals surface area contributed by atoms with Crippen molar-refractivity contribution in [3.05, 3.63) is 161 Å². The molecule has 54 heavy (non-hydrogen) atoms. The second-order valence-electron chi connectivity index (χ2n) is 13.6. The first-order chi connectivity index (χ1) is 26.4. The third-order valence-electron chi connectivity index (χ3n) is 9.55. The van der Waals surface area contributed by atoms with Crippen molar-refractivity contribution in [2.45, 2.75) is 57.0 Å². The number of likely N-dealkylation sites (N-methyl/N-ethyl adjacent to an activating group) is 1. The summed E-state index contributed by atoms with van der Waals surface area (Å²) in [6.45, 7) is 1.83. The van der Waals surface area contributed by atoms with E-state index >= 15 is 0 Å². The van der Waals surface area contributed by atoms with Gasteiger partial charge in [0, 0.05) is 56.4 Å². The summed E-state index contributed by atoms with van der Waals surface area (Å²) in [5.41, 5.74) is 7.63. The third kappa shape index (κ3) is 10.8. The van der Waals surface area contributed by atoms with Gasteiger partial charge in [0.1, 0.15) is 6.04 Å². The number of ether oxygens (including phenoxy) is 3. The monoisotopic (exact) mass is 728 g/mol. The lowest BCUT2D eigenvalue weighted by atomic mass is 9.98. The van der Waals surface area contributed by atoms with Gasteiger partial charge < -0.3 is 34.9 Å². The summed E-state index contributed by atoms with van der Waals surface area (Å²) in [6, 6.07) is 38.3. The number of amides is 2. The van der Waals surface area contributed by atoms with Gasteiger partial charge in [-0.25, -0.2) is 9.59 Å². The molecule has 1 aromatic heterocycles. The first-order valence-corrected chi connectivity index (χ1v) is 18.3. The Hall–Kier alpha value is -5.39. The molecule has 1 saturated heterocycles. The second-order valence-corrected chi connectivity index (χ2v) is 13.6. The number of hydrogen-bond acceptors (Lipinski definition) is 8. The molecule has 2 heterocycles. The first kappa shape index (κ1) is 38.3. The number of hydrogen-bond donors (Lipinski definition) is 3. The Labute approximate surface area is 317 Å². The molecule has 10 nitrogen and oxygen atoms in total. The van der Waals surface area contributed by atoms with E-state index < -0.39 is 24.3 Å². The van der Waals surface area contributed by atoms with Crippen LogP contribution in [0.2, 0.25) is 0 Å². The molecule has 1 aliphatic heterocycles. The molecule has 10 heteroatoms. The van der Waals surface area contributed by atoms with E-state index in [1.165, 1.54) is 7.11 Å². The highest BCUT2D eigenvalue weighted by Crippen LogP contribution is 2.39. The molecule has 4 atom stereocenters. The number of methoxy groups -OCH3 is 1. The van der Waals surface area contributed by atoms with Gasteiger partial charge in [0.15, 0.2) is 6.29 Å². The van der Waals surface area contributed by atoms with E-state index in [2.05, 4.69) is 33.6 Å². The Morgan fingerprint density at radius 1 is 0.852 bits per heavy atom. The molecule has 0 saturated carbocycles. The molecule has 280 valence electrons. The SMILES string of the molecule is COC(=O)[C@H](Cc1ccccc1)NC(=O)NCc1cccc(-c2cccc([C@@H]3O[C@H](CN(C)CCc4ccccn4)C[C@H](c4ccc(CO)cc4)O3)c2)c1. The fourth-order valence-electron chi connectivity index (χ4n) is 6.63. The van der Waals surface area contributed by atoms with Crippen LogP contribution in [0.4, 0.5) is 4.79 Å². The largest absolute Gasteiger partial charge is 0.467 e. The Balaban J connectivity index is 1.13. The number of nitrogens with zero attached hydrogens (tertiary/aromatic N) is 2. The lowest BCUT2D eigenvalue weighted by Gasteiger charge is -2.38. The van der Waals surface area contributed by atoms with Gasteiger partial charge >= 0.3 is 12.0 Å². The zero-order chi connectivity index (χ0) is 37.7. The molecule has 0 bridgehead atoms. The minimum Gasteiger partial charge on any atom is -0.467 e. The van der Waals surface area contributed by atoms with Gasteiger partial charge in [0.2, 0.25) is 0 Å². The van der Waals surface area contributed by atoms with Crippen molar-refractivity contribution >= 4 is 12.0 Å². The topological polar surface area (TPSA) is 122 Å². The van der Waals surface area contributed by atoms with Crippen LogP contribution in [-0.4, -0.2) is 66.4 Å². The second kappa shape index (κ2) is 19.1. The van der Waals surface area contributed by atoms with Crippen LogP contribution < -0.4 is 10.6 Å².